The van der Waals surface area contributed by atoms with Crippen molar-refractivity contribution in [2.75, 3.05) is 16.8 Å². The number of rotatable bonds is 4. The highest BCUT2D eigenvalue weighted by Gasteiger charge is 2.22. The molecule has 0 radical (unpaired) electrons. The van der Waals surface area contributed by atoms with E-state index in [0.29, 0.717) is 18.7 Å². The van der Waals surface area contributed by atoms with E-state index in [9.17, 15) is 24.8 Å². The van der Waals surface area contributed by atoms with Gasteiger partial charge in [-0.1, -0.05) is 0 Å². The van der Waals surface area contributed by atoms with Crippen molar-refractivity contribution >= 4 is 29.0 Å². The van der Waals surface area contributed by atoms with Crippen LogP contribution in [0.1, 0.15) is 23.2 Å². The van der Waals surface area contributed by atoms with E-state index in [1.807, 2.05) is 0 Å². The van der Waals surface area contributed by atoms with Gasteiger partial charge in [0.2, 0.25) is 5.91 Å². The van der Waals surface area contributed by atoms with Crippen LogP contribution in [0, 0.1) is 10.1 Å². The van der Waals surface area contributed by atoms with Crippen molar-refractivity contribution in [2.24, 2.45) is 0 Å². The summed E-state index contributed by atoms with van der Waals surface area (Å²) in [6, 6.07) is 6.57. The Hall–Kier alpha value is -3.49. The molecule has 1 aromatic carbocycles. The number of benzene rings is 1. The lowest BCUT2D eigenvalue weighted by Gasteiger charge is -2.15. The Morgan fingerprint density at radius 1 is 1.32 bits per heavy atom. The Morgan fingerprint density at radius 3 is 2.72 bits per heavy atom. The molecule has 0 bridgehead atoms. The van der Waals surface area contributed by atoms with Gasteiger partial charge < -0.3 is 15.3 Å². The summed E-state index contributed by atoms with van der Waals surface area (Å²) < 4.78 is 0. The molecule has 1 saturated heterocycles. The van der Waals surface area contributed by atoms with Gasteiger partial charge in [-0.3, -0.25) is 19.7 Å². The van der Waals surface area contributed by atoms with Crippen molar-refractivity contribution in [1.82, 2.24) is 4.98 Å². The molecule has 0 atom stereocenters. The lowest BCUT2D eigenvalue weighted by molar-refractivity contribution is -0.385. The first-order chi connectivity index (χ1) is 12.0. The summed E-state index contributed by atoms with van der Waals surface area (Å²) in [5.74, 6) is -0.828. The molecular weight excluding hydrogens is 328 g/mol. The number of carbonyl (C=O) groups is 2. The van der Waals surface area contributed by atoms with Crippen LogP contribution in [0.25, 0.3) is 0 Å². The quantitative estimate of drug-likeness (QED) is 0.647. The Labute approximate surface area is 142 Å². The molecule has 0 aliphatic carbocycles. The number of phenolic OH excluding ortho intramolecular Hbond substituents is 1. The number of amides is 2. The zero-order chi connectivity index (χ0) is 18.0. The molecule has 2 heterocycles. The molecule has 2 amide bonds. The Morgan fingerprint density at radius 2 is 2.12 bits per heavy atom. The second-order valence-corrected chi connectivity index (χ2v) is 5.47. The van der Waals surface area contributed by atoms with Gasteiger partial charge in [0, 0.05) is 24.6 Å². The van der Waals surface area contributed by atoms with E-state index in [-0.39, 0.29) is 17.3 Å². The fourth-order valence-electron chi connectivity index (χ4n) is 2.54. The fourth-order valence-corrected chi connectivity index (χ4v) is 2.54. The number of hydrogen-bond donors (Lipinski definition) is 2. The molecule has 0 saturated carbocycles. The molecule has 1 aromatic heterocycles. The van der Waals surface area contributed by atoms with Gasteiger partial charge in [-0.25, -0.2) is 4.98 Å². The highest BCUT2D eigenvalue weighted by Crippen LogP contribution is 2.27. The van der Waals surface area contributed by atoms with Crippen molar-refractivity contribution in [3.05, 3.63) is 52.2 Å². The summed E-state index contributed by atoms with van der Waals surface area (Å²) >= 11 is 0. The van der Waals surface area contributed by atoms with E-state index in [1.54, 1.807) is 17.0 Å². The van der Waals surface area contributed by atoms with Gasteiger partial charge in [-0.15, -0.1) is 0 Å². The normalized spacial score (nSPS) is 13.8. The van der Waals surface area contributed by atoms with Crippen LogP contribution >= 0.6 is 0 Å². The molecule has 25 heavy (non-hydrogen) atoms. The maximum absolute atomic E-state index is 12.2. The van der Waals surface area contributed by atoms with Gasteiger partial charge in [0.15, 0.2) is 5.75 Å². The molecule has 9 nitrogen and oxygen atoms in total. The number of nitrogens with one attached hydrogen (secondary N) is 1. The minimum atomic E-state index is -0.772. The minimum Gasteiger partial charge on any atom is -0.502 e. The van der Waals surface area contributed by atoms with E-state index < -0.39 is 22.3 Å². The van der Waals surface area contributed by atoms with Crippen LogP contribution in [0.2, 0.25) is 0 Å². The average Bonchev–Trinajstić information content (AvgIpc) is 3.01. The van der Waals surface area contributed by atoms with Crippen LogP contribution in [-0.2, 0) is 4.79 Å². The zero-order valence-electron chi connectivity index (χ0n) is 13.0. The highest BCUT2D eigenvalue weighted by molar-refractivity contribution is 6.04. The van der Waals surface area contributed by atoms with Crippen molar-refractivity contribution in [2.45, 2.75) is 12.8 Å². The second-order valence-electron chi connectivity index (χ2n) is 5.47. The van der Waals surface area contributed by atoms with Gasteiger partial charge in [0.05, 0.1) is 16.8 Å². The molecule has 128 valence electrons. The monoisotopic (exact) mass is 342 g/mol. The zero-order valence-corrected chi connectivity index (χ0v) is 13.0. The van der Waals surface area contributed by atoms with Crippen molar-refractivity contribution in [1.29, 1.82) is 0 Å². The number of aromatic nitrogens is 1. The molecule has 1 aliphatic heterocycles. The first-order valence-corrected chi connectivity index (χ1v) is 7.51. The Kier molecular flexibility index (Phi) is 4.29. The van der Waals surface area contributed by atoms with Crippen molar-refractivity contribution in [3.63, 3.8) is 0 Å². The van der Waals surface area contributed by atoms with Gasteiger partial charge in [0.1, 0.15) is 5.82 Å². The lowest BCUT2D eigenvalue weighted by Crippen LogP contribution is -2.23. The number of aromatic hydroxyl groups is 1. The molecular formula is C16H14N4O5. The predicted octanol–water partition coefficient (Wildman–Crippen LogP) is 2.07. The average molecular weight is 342 g/mol. The maximum Gasteiger partial charge on any atom is 0.311 e. The third-order valence-electron chi connectivity index (χ3n) is 3.81. The number of anilines is 2. The Balaban J connectivity index is 1.74. The number of hydrogen-bond acceptors (Lipinski definition) is 6. The molecule has 1 fully saturated rings. The maximum atomic E-state index is 12.2. The van der Waals surface area contributed by atoms with E-state index in [4.69, 9.17) is 0 Å². The van der Waals surface area contributed by atoms with E-state index in [1.165, 1.54) is 12.3 Å². The van der Waals surface area contributed by atoms with Gasteiger partial charge >= 0.3 is 5.69 Å². The number of nitrogens with zero attached hydrogens (tertiary/aromatic N) is 3. The SMILES string of the molecule is O=C(Nc1ccc(N2CCCC2=O)cn1)c1ccc(O)c([N+](=O)[O-])c1. The topological polar surface area (TPSA) is 126 Å². The van der Waals surface area contributed by atoms with Gasteiger partial charge in [0.25, 0.3) is 5.91 Å². The summed E-state index contributed by atoms with van der Waals surface area (Å²) in [6.45, 7) is 0.642. The summed E-state index contributed by atoms with van der Waals surface area (Å²) in [4.78, 5) is 39.6. The van der Waals surface area contributed by atoms with Crippen LogP contribution < -0.4 is 10.2 Å². The number of nitro groups is 1. The van der Waals surface area contributed by atoms with E-state index in [0.717, 1.165) is 18.6 Å². The smallest absolute Gasteiger partial charge is 0.311 e. The van der Waals surface area contributed by atoms with E-state index >= 15 is 0 Å². The summed E-state index contributed by atoms with van der Waals surface area (Å²) in [6.07, 6.45) is 2.80. The first-order valence-electron chi connectivity index (χ1n) is 7.51. The van der Waals surface area contributed by atoms with Crippen LogP contribution in [0.5, 0.6) is 5.75 Å². The molecule has 1 aliphatic rings. The van der Waals surface area contributed by atoms with Gasteiger partial charge in [-0.05, 0) is 30.7 Å². The van der Waals surface area contributed by atoms with Gasteiger partial charge in [-0.2, -0.15) is 0 Å². The Bertz CT molecular complexity index is 850. The van der Waals surface area contributed by atoms with Crippen LogP contribution in [0.4, 0.5) is 17.2 Å². The first kappa shape index (κ1) is 16.4. The minimum absolute atomic E-state index is 0.0186. The lowest BCUT2D eigenvalue weighted by atomic mass is 10.1. The molecule has 9 heteroatoms. The van der Waals surface area contributed by atoms with Crippen LogP contribution in [0.3, 0.4) is 0 Å². The van der Waals surface area contributed by atoms with Crippen molar-refractivity contribution in [3.8, 4) is 5.75 Å². The molecule has 0 unspecified atom stereocenters. The largest absolute Gasteiger partial charge is 0.502 e. The van der Waals surface area contributed by atoms with E-state index in [2.05, 4.69) is 10.3 Å². The number of nitro benzene ring substituents is 1. The molecule has 2 aromatic rings. The fraction of sp³-hybridized carbons (Fsp3) is 0.188. The van der Waals surface area contributed by atoms with Crippen molar-refractivity contribution < 1.29 is 19.6 Å². The molecule has 0 spiro atoms. The van der Waals surface area contributed by atoms with Crippen LogP contribution in [0.15, 0.2) is 36.5 Å². The standard InChI is InChI=1S/C16H14N4O5/c21-13-5-3-10(8-12(13)20(24)25)16(23)18-14-6-4-11(9-17-14)19-7-1-2-15(19)22/h3-6,8-9,21H,1-2,7H2,(H,17,18,23). The van der Waals surface area contributed by atoms with Crippen LogP contribution in [-0.4, -0.2) is 33.4 Å². The third-order valence-corrected chi connectivity index (χ3v) is 3.81. The molecule has 3 rings (SSSR count). The summed E-state index contributed by atoms with van der Waals surface area (Å²) in [5.41, 5.74) is 0.120. The number of pyridine rings is 1. The second kappa shape index (κ2) is 6.56. The third kappa shape index (κ3) is 3.39. The summed E-state index contributed by atoms with van der Waals surface area (Å²) in [5, 5.41) is 22.7. The summed E-state index contributed by atoms with van der Waals surface area (Å²) in [7, 11) is 0. The number of carbonyl (C=O) groups excluding carboxylic acids is 2. The number of phenols is 1. The highest BCUT2D eigenvalue weighted by atomic mass is 16.6. The molecule has 2 N–H and O–H groups in total. The predicted molar refractivity (Wildman–Crippen MR) is 88.5 cm³/mol.